The summed E-state index contributed by atoms with van der Waals surface area (Å²) in [5.74, 6) is -29.5. The molecule has 1 spiro atoms. The molecule has 2 bridgehead atoms. The Labute approximate surface area is 259 Å². The van der Waals surface area contributed by atoms with Crippen LogP contribution in [-0.4, -0.2) is 102 Å². The normalized spacial score (nSPS) is 29.9. The number of hydrogen-bond acceptors (Lipinski definition) is 6. The number of halogens is 14. The van der Waals surface area contributed by atoms with Gasteiger partial charge in [0.25, 0.3) is 0 Å². The number of alkyl halides is 14. The number of carboxylic acid groups (broad SMARTS) is 2. The fourth-order valence-corrected chi connectivity index (χ4v) is 6.46. The first-order valence-corrected chi connectivity index (χ1v) is 13.2. The van der Waals surface area contributed by atoms with Gasteiger partial charge in [0.1, 0.15) is 5.76 Å². The number of ether oxygens (including phenoxy) is 2. The SMILES string of the molecule is COC1=C2O[C@H]3C(=O)C=C[C@H]4[C@H]5CC(C=C1)C2[C@@]34CCN5C.O=C(O)C(F)(F)C(F)(F)C(F)(F)F.O=C(O)C(F)(F)C(F)(F)C(F)(F)F. The van der Waals surface area contributed by atoms with Crippen molar-refractivity contribution >= 4 is 17.7 Å². The van der Waals surface area contributed by atoms with Crippen molar-refractivity contribution in [2.24, 2.45) is 23.2 Å². The molecule has 0 aromatic heterocycles. The van der Waals surface area contributed by atoms with E-state index in [2.05, 4.69) is 24.1 Å². The highest BCUT2D eigenvalue weighted by Gasteiger charge is 2.78. The summed E-state index contributed by atoms with van der Waals surface area (Å²) in [6.45, 7) is 1.05. The van der Waals surface area contributed by atoms with E-state index in [0.29, 0.717) is 23.8 Å². The van der Waals surface area contributed by atoms with Crippen molar-refractivity contribution in [1.29, 1.82) is 0 Å². The quantitative estimate of drug-likeness (QED) is 0.347. The van der Waals surface area contributed by atoms with Crippen LogP contribution < -0.4 is 0 Å². The molecule has 2 heterocycles. The van der Waals surface area contributed by atoms with Crippen LogP contribution in [0.3, 0.4) is 0 Å². The third kappa shape index (κ3) is 5.76. The van der Waals surface area contributed by atoms with E-state index in [1.54, 1.807) is 13.2 Å². The van der Waals surface area contributed by atoms with Crippen LogP contribution in [-0.2, 0) is 23.9 Å². The van der Waals surface area contributed by atoms with E-state index in [1.807, 2.05) is 6.08 Å². The molecule has 0 radical (unpaired) electrons. The number of piperidine rings is 1. The lowest BCUT2D eigenvalue weighted by atomic mass is 9.48. The van der Waals surface area contributed by atoms with Gasteiger partial charge >= 0.3 is 48.0 Å². The van der Waals surface area contributed by atoms with Gasteiger partial charge < -0.3 is 24.6 Å². The Bertz CT molecular complexity index is 1360. The predicted octanol–water partition coefficient (Wildman–Crippen LogP) is 5.70. The molecule has 2 N–H and O–H groups in total. The van der Waals surface area contributed by atoms with Gasteiger partial charge in [0.05, 0.1) is 7.11 Å². The Hall–Kier alpha value is -3.59. The van der Waals surface area contributed by atoms with Gasteiger partial charge in [0.15, 0.2) is 17.6 Å². The zero-order chi connectivity index (χ0) is 37.2. The van der Waals surface area contributed by atoms with Crippen molar-refractivity contribution in [3.63, 3.8) is 0 Å². The van der Waals surface area contributed by atoms with Crippen molar-refractivity contribution in [3.05, 3.63) is 35.8 Å². The van der Waals surface area contributed by atoms with Crippen molar-refractivity contribution < 1.29 is 95.5 Å². The second-order valence-corrected chi connectivity index (χ2v) is 11.3. The van der Waals surface area contributed by atoms with Crippen LogP contribution in [0.4, 0.5) is 61.5 Å². The maximum Gasteiger partial charge on any atom is 0.460 e. The minimum Gasteiger partial charge on any atom is -0.493 e. The highest BCUT2D eigenvalue weighted by Crippen LogP contribution is 2.66. The molecule has 2 aliphatic heterocycles. The molecule has 0 aromatic rings. The molecule has 0 aromatic carbocycles. The third-order valence-corrected chi connectivity index (χ3v) is 8.76. The van der Waals surface area contributed by atoms with Crippen molar-refractivity contribution in [1.82, 2.24) is 4.90 Å². The first kappa shape index (κ1) is 38.9. The third-order valence-electron chi connectivity index (χ3n) is 8.76. The molecule has 272 valence electrons. The number of carbonyl (C=O) groups is 3. The van der Waals surface area contributed by atoms with Gasteiger partial charge in [0.2, 0.25) is 0 Å². The number of likely N-dealkylation sites (tertiary alicyclic amines) is 1. The summed E-state index contributed by atoms with van der Waals surface area (Å²) >= 11 is 0. The van der Waals surface area contributed by atoms with E-state index in [-0.39, 0.29) is 17.3 Å². The van der Waals surface area contributed by atoms with Crippen molar-refractivity contribution in [2.75, 3.05) is 20.7 Å². The van der Waals surface area contributed by atoms with Crippen LogP contribution in [0.1, 0.15) is 12.8 Å². The molecule has 0 amide bonds. The second-order valence-electron chi connectivity index (χ2n) is 11.3. The minimum atomic E-state index is -6.60. The van der Waals surface area contributed by atoms with Crippen LogP contribution >= 0.6 is 0 Å². The number of carbonyl (C=O) groups excluding carboxylic acids is 1. The van der Waals surface area contributed by atoms with E-state index >= 15 is 0 Å². The largest absolute Gasteiger partial charge is 0.493 e. The fraction of sp³-hybridized carbons (Fsp3) is 0.654. The van der Waals surface area contributed by atoms with E-state index in [9.17, 15) is 75.8 Å². The molecule has 5 rings (SSSR count). The van der Waals surface area contributed by atoms with Crippen molar-refractivity contribution in [3.8, 4) is 0 Å². The van der Waals surface area contributed by atoms with E-state index < -0.39 is 48.0 Å². The van der Waals surface area contributed by atoms with Gasteiger partial charge in [-0.2, -0.15) is 61.5 Å². The molecule has 6 atom stereocenters. The summed E-state index contributed by atoms with van der Waals surface area (Å²) < 4.78 is 173. The van der Waals surface area contributed by atoms with Gasteiger partial charge in [0, 0.05) is 23.3 Å². The van der Waals surface area contributed by atoms with Crippen LogP contribution in [0.2, 0.25) is 0 Å². The minimum absolute atomic E-state index is 0.0597. The molecule has 22 heteroatoms. The Morgan fingerprint density at radius 2 is 1.33 bits per heavy atom. The molecule has 5 aliphatic rings. The number of nitrogens with zero attached hydrogens (tertiary/aromatic N) is 1. The van der Waals surface area contributed by atoms with E-state index in [0.717, 1.165) is 30.9 Å². The van der Waals surface area contributed by atoms with E-state index in [4.69, 9.17) is 19.7 Å². The average Bonchev–Trinajstić information content (AvgIpc) is 3.31. The molecule has 1 saturated carbocycles. The Morgan fingerprint density at radius 3 is 1.73 bits per heavy atom. The van der Waals surface area contributed by atoms with Gasteiger partial charge in [-0.15, -0.1) is 0 Å². The number of rotatable bonds is 5. The predicted molar refractivity (Wildman–Crippen MR) is 128 cm³/mol. The number of allylic oxidation sites excluding steroid dienone is 3. The standard InChI is InChI=1S/C18H21NO3.2C4HF7O2/c1-19-8-7-18-11-4-5-13(20)17(18)22-16-14(21-2)6-3-10(15(16)18)9-12(11)19;2*5-2(6,1(12)13)3(7,8)4(9,10)11/h3-6,10-12,15,17H,7-9H2,1-2H3;2*(H,12,13)/t10?,11-,12+,15?,17-,18-;;/m0../s1. The molecular weight excluding hydrogens is 704 g/mol. The van der Waals surface area contributed by atoms with Gasteiger partial charge in [-0.05, 0) is 44.5 Å². The van der Waals surface area contributed by atoms with Gasteiger partial charge in [-0.25, -0.2) is 9.59 Å². The molecule has 48 heavy (non-hydrogen) atoms. The number of hydrogen-bond donors (Lipinski definition) is 2. The van der Waals surface area contributed by atoms with Crippen molar-refractivity contribution in [2.45, 2.75) is 61.0 Å². The second kappa shape index (κ2) is 12.1. The first-order chi connectivity index (χ1) is 21.6. The smallest absolute Gasteiger partial charge is 0.460 e. The zero-order valence-corrected chi connectivity index (χ0v) is 24.0. The highest BCUT2D eigenvalue weighted by atomic mass is 19.4. The number of ketones is 1. The summed E-state index contributed by atoms with van der Waals surface area (Å²) in [6.07, 6.45) is -3.09. The Morgan fingerprint density at radius 1 is 0.854 bits per heavy atom. The molecule has 8 nitrogen and oxygen atoms in total. The van der Waals surface area contributed by atoms with Crippen LogP contribution in [0.15, 0.2) is 35.8 Å². The first-order valence-electron chi connectivity index (χ1n) is 13.2. The topological polar surface area (TPSA) is 113 Å². The molecule has 2 unspecified atom stereocenters. The summed E-state index contributed by atoms with van der Waals surface area (Å²) in [5, 5.41) is 14.8. The molecule has 2 saturated heterocycles. The summed E-state index contributed by atoms with van der Waals surface area (Å²) in [4.78, 5) is 33.8. The van der Waals surface area contributed by atoms with Crippen LogP contribution in [0.5, 0.6) is 0 Å². The summed E-state index contributed by atoms with van der Waals surface area (Å²) in [7, 11) is 3.91. The Kier molecular flexibility index (Phi) is 9.77. The molecular formula is C26H23F14NO7. The van der Waals surface area contributed by atoms with Crippen LogP contribution in [0.25, 0.3) is 0 Å². The van der Waals surface area contributed by atoms with E-state index in [1.165, 1.54) is 0 Å². The lowest BCUT2D eigenvalue weighted by molar-refractivity contribution is -0.347. The summed E-state index contributed by atoms with van der Waals surface area (Å²) in [5.41, 5.74) is -0.0597. The molecule has 3 fully saturated rings. The lowest BCUT2D eigenvalue weighted by Crippen LogP contribution is -2.64. The number of methoxy groups -OCH3 is 1. The van der Waals surface area contributed by atoms with Crippen LogP contribution in [0, 0.1) is 23.2 Å². The highest BCUT2D eigenvalue weighted by molar-refractivity contribution is 5.96. The number of carboxylic acids is 2. The maximum atomic E-state index is 12.6. The average molecular weight is 727 g/mol. The monoisotopic (exact) mass is 727 g/mol. The Balaban J connectivity index is 0.000000211. The lowest BCUT2D eigenvalue weighted by Gasteiger charge is -2.59. The zero-order valence-electron chi connectivity index (χ0n) is 24.0. The van der Waals surface area contributed by atoms with Gasteiger partial charge in [-0.3, -0.25) is 4.79 Å². The molecule has 3 aliphatic carbocycles. The number of aliphatic carboxylic acids is 2. The maximum absolute atomic E-state index is 12.6. The fourth-order valence-electron chi connectivity index (χ4n) is 6.46. The summed E-state index contributed by atoms with van der Waals surface area (Å²) in [6, 6.07) is 0.513. The van der Waals surface area contributed by atoms with Gasteiger partial charge in [-0.1, -0.05) is 12.2 Å².